The molecule has 0 bridgehead atoms. The minimum atomic E-state index is -0.240. The van der Waals surface area contributed by atoms with Gasteiger partial charge in [0.2, 0.25) is 5.91 Å². The highest BCUT2D eigenvalue weighted by atomic mass is 16.3. The summed E-state index contributed by atoms with van der Waals surface area (Å²) in [5.74, 6) is 0.758. The number of likely N-dealkylation sites (tertiary alicyclic amines) is 1. The first-order valence-corrected chi connectivity index (χ1v) is 8.57. The highest BCUT2D eigenvalue weighted by molar-refractivity contribution is 5.87. The van der Waals surface area contributed by atoms with Crippen LogP contribution in [0.15, 0.2) is 53.1 Å². The van der Waals surface area contributed by atoms with Gasteiger partial charge in [-0.1, -0.05) is 18.2 Å². The Labute approximate surface area is 147 Å². The summed E-state index contributed by atoms with van der Waals surface area (Å²) < 4.78 is 5.22. The number of carbonyl (C=O) groups excluding carboxylic acids is 2. The number of hydrogen-bond acceptors (Lipinski definition) is 5. The lowest BCUT2D eigenvalue weighted by Gasteiger charge is -2.23. The first-order valence-electron chi connectivity index (χ1n) is 8.57. The van der Waals surface area contributed by atoms with Gasteiger partial charge in [-0.3, -0.25) is 14.5 Å². The van der Waals surface area contributed by atoms with Crippen LogP contribution in [-0.4, -0.2) is 42.3 Å². The van der Waals surface area contributed by atoms with E-state index in [1.54, 1.807) is 12.3 Å². The van der Waals surface area contributed by atoms with Crippen LogP contribution in [0, 0.1) is 0 Å². The summed E-state index contributed by atoms with van der Waals surface area (Å²) in [6.45, 7) is 1.70. The van der Waals surface area contributed by atoms with Gasteiger partial charge in [-0.25, -0.2) is 0 Å². The zero-order valence-corrected chi connectivity index (χ0v) is 14.1. The second kappa shape index (κ2) is 8.48. The molecule has 1 amide bonds. The topological polar surface area (TPSA) is 74.6 Å². The van der Waals surface area contributed by atoms with Crippen molar-refractivity contribution < 1.29 is 14.0 Å². The average Bonchev–Trinajstić information content (AvgIpc) is 3.30. The van der Waals surface area contributed by atoms with Crippen LogP contribution in [0.1, 0.15) is 18.6 Å². The van der Waals surface area contributed by atoms with Crippen LogP contribution >= 0.6 is 0 Å². The molecule has 0 spiro atoms. The molecule has 1 atom stereocenters. The Bertz CT molecular complexity index is 685. The number of furan rings is 1. The predicted molar refractivity (Wildman–Crippen MR) is 95.1 cm³/mol. The molecule has 1 saturated heterocycles. The quantitative estimate of drug-likeness (QED) is 0.769. The molecule has 2 aromatic rings. The van der Waals surface area contributed by atoms with Crippen LogP contribution in [0.25, 0.3) is 0 Å². The van der Waals surface area contributed by atoms with E-state index in [2.05, 4.69) is 10.6 Å². The van der Waals surface area contributed by atoms with Gasteiger partial charge in [0.05, 0.1) is 31.9 Å². The summed E-state index contributed by atoms with van der Waals surface area (Å²) >= 11 is 0. The molecule has 1 unspecified atom stereocenters. The van der Waals surface area contributed by atoms with E-state index in [4.69, 9.17) is 4.42 Å². The van der Waals surface area contributed by atoms with E-state index in [9.17, 15) is 9.59 Å². The molecule has 1 aliphatic heterocycles. The number of benzene rings is 1. The van der Waals surface area contributed by atoms with Crippen molar-refractivity contribution in [3.05, 3.63) is 54.5 Å². The standard InChI is InChI=1S/C19H23N3O3/c23-16(12-20-15-6-2-1-3-7-15)14-22-10-4-9-18(22)19(24)21-13-17-8-5-11-25-17/h1-3,5-8,11,18,20H,4,9-10,12-14H2,(H,21,24). The monoisotopic (exact) mass is 341 g/mol. The Balaban J connectivity index is 1.45. The molecule has 6 nitrogen and oxygen atoms in total. The molecular formula is C19H23N3O3. The van der Waals surface area contributed by atoms with Crippen LogP contribution in [0.5, 0.6) is 0 Å². The Morgan fingerprint density at radius 3 is 2.76 bits per heavy atom. The maximum Gasteiger partial charge on any atom is 0.237 e. The third-order valence-electron chi connectivity index (χ3n) is 4.33. The van der Waals surface area contributed by atoms with Gasteiger partial charge in [0, 0.05) is 5.69 Å². The van der Waals surface area contributed by atoms with Crippen LogP contribution in [0.4, 0.5) is 5.69 Å². The lowest BCUT2D eigenvalue weighted by atomic mass is 10.2. The van der Waals surface area contributed by atoms with Crippen molar-refractivity contribution in [2.45, 2.75) is 25.4 Å². The van der Waals surface area contributed by atoms with Crippen molar-refractivity contribution in [1.82, 2.24) is 10.2 Å². The van der Waals surface area contributed by atoms with Crippen LogP contribution in [-0.2, 0) is 16.1 Å². The van der Waals surface area contributed by atoms with E-state index in [1.807, 2.05) is 41.3 Å². The van der Waals surface area contributed by atoms with Crippen LogP contribution in [0.3, 0.4) is 0 Å². The van der Waals surface area contributed by atoms with Gasteiger partial charge >= 0.3 is 0 Å². The number of amides is 1. The number of rotatable bonds is 8. The number of Topliss-reactive ketones (excluding diaryl/α,β-unsaturated/α-hetero) is 1. The Morgan fingerprint density at radius 2 is 2.00 bits per heavy atom. The number of para-hydroxylation sites is 1. The molecule has 2 N–H and O–H groups in total. The second-order valence-electron chi connectivity index (χ2n) is 6.18. The molecule has 25 heavy (non-hydrogen) atoms. The number of nitrogens with one attached hydrogen (secondary N) is 2. The smallest absolute Gasteiger partial charge is 0.237 e. The second-order valence-corrected chi connectivity index (χ2v) is 6.18. The first kappa shape index (κ1) is 17.2. The fourth-order valence-corrected chi connectivity index (χ4v) is 3.06. The lowest BCUT2D eigenvalue weighted by Crippen LogP contribution is -2.45. The fraction of sp³-hybridized carbons (Fsp3) is 0.368. The molecule has 0 aliphatic carbocycles. The van der Waals surface area contributed by atoms with Gasteiger partial charge < -0.3 is 15.1 Å². The van der Waals surface area contributed by atoms with E-state index < -0.39 is 0 Å². The molecule has 2 heterocycles. The van der Waals surface area contributed by atoms with Crippen molar-refractivity contribution in [2.24, 2.45) is 0 Å². The molecule has 6 heteroatoms. The number of hydrogen-bond donors (Lipinski definition) is 2. The molecule has 1 aromatic heterocycles. The minimum absolute atomic E-state index is 0.0438. The third-order valence-corrected chi connectivity index (χ3v) is 4.33. The number of ketones is 1. The predicted octanol–water partition coefficient (Wildman–Crippen LogP) is 2.04. The number of nitrogens with zero attached hydrogens (tertiary/aromatic N) is 1. The molecular weight excluding hydrogens is 318 g/mol. The zero-order chi connectivity index (χ0) is 17.5. The molecule has 1 aromatic carbocycles. The summed E-state index contributed by atoms with van der Waals surface area (Å²) in [6.07, 6.45) is 3.30. The van der Waals surface area contributed by atoms with Crippen molar-refractivity contribution in [3.63, 3.8) is 0 Å². The number of anilines is 1. The molecule has 132 valence electrons. The lowest BCUT2D eigenvalue weighted by molar-refractivity contribution is -0.127. The fourth-order valence-electron chi connectivity index (χ4n) is 3.06. The minimum Gasteiger partial charge on any atom is -0.467 e. The summed E-state index contributed by atoms with van der Waals surface area (Å²) in [6, 6.07) is 13.0. The zero-order valence-electron chi connectivity index (χ0n) is 14.1. The van der Waals surface area contributed by atoms with Gasteiger partial charge in [0.25, 0.3) is 0 Å². The Kier molecular flexibility index (Phi) is 5.85. The van der Waals surface area contributed by atoms with E-state index >= 15 is 0 Å². The van der Waals surface area contributed by atoms with Gasteiger partial charge in [-0.05, 0) is 43.7 Å². The third kappa shape index (κ3) is 4.93. The summed E-state index contributed by atoms with van der Waals surface area (Å²) in [5, 5.41) is 6.00. The molecule has 1 fully saturated rings. The Morgan fingerprint density at radius 1 is 1.16 bits per heavy atom. The van der Waals surface area contributed by atoms with Gasteiger partial charge in [0.15, 0.2) is 5.78 Å². The Hall–Kier alpha value is -2.60. The average molecular weight is 341 g/mol. The number of carbonyl (C=O) groups is 2. The largest absolute Gasteiger partial charge is 0.467 e. The van der Waals surface area contributed by atoms with Crippen LogP contribution in [0.2, 0.25) is 0 Å². The van der Waals surface area contributed by atoms with Crippen molar-refractivity contribution in [1.29, 1.82) is 0 Å². The SMILES string of the molecule is O=C(CNc1ccccc1)CN1CCCC1C(=O)NCc1ccco1. The first-order chi connectivity index (χ1) is 12.2. The normalized spacial score (nSPS) is 17.4. The molecule has 1 aliphatic rings. The van der Waals surface area contributed by atoms with Crippen molar-refractivity contribution in [2.75, 3.05) is 25.0 Å². The maximum atomic E-state index is 12.4. The molecule has 3 rings (SSSR count). The summed E-state index contributed by atoms with van der Waals surface area (Å²) in [7, 11) is 0. The highest BCUT2D eigenvalue weighted by Gasteiger charge is 2.31. The summed E-state index contributed by atoms with van der Waals surface area (Å²) in [4.78, 5) is 26.6. The van der Waals surface area contributed by atoms with E-state index in [0.717, 1.165) is 30.8 Å². The van der Waals surface area contributed by atoms with Crippen molar-refractivity contribution >= 4 is 17.4 Å². The van der Waals surface area contributed by atoms with Gasteiger partial charge in [-0.2, -0.15) is 0 Å². The van der Waals surface area contributed by atoms with Crippen molar-refractivity contribution in [3.8, 4) is 0 Å². The molecule has 0 saturated carbocycles. The molecule has 0 radical (unpaired) electrons. The van der Waals surface area contributed by atoms with E-state index in [-0.39, 0.29) is 24.3 Å². The highest BCUT2D eigenvalue weighted by Crippen LogP contribution is 2.17. The maximum absolute atomic E-state index is 12.4. The van der Waals surface area contributed by atoms with E-state index in [0.29, 0.717) is 13.1 Å². The van der Waals surface area contributed by atoms with Gasteiger partial charge in [-0.15, -0.1) is 0 Å². The van der Waals surface area contributed by atoms with E-state index in [1.165, 1.54) is 0 Å². The van der Waals surface area contributed by atoms with Crippen LogP contribution < -0.4 is 10.6 Å². The van der Waals surface area contributed by atoms with Gasteiger partial charge in [0.1, 0.15) is 5.76 Å². The summed E-state index contributed by atoms with van der Waals surface area (Å²) in [5.41, 5.74) is 0.921.